The van der Waals surface area contributed by atoms with Crippen molar-refractivity contribution in [2.45, 2.75) is 6.54 Å². The third-order valence-electron chi connectivity index (χ3n) is 3.07. The van der Waals surface area contributed by atoms with Crippen LogP contribution in [0, 0.1) is 0 Å². The standard InChI is InChI=1S/C14H13ClN4O/c1-19-8-18-13-11(19)4-5-17-14(13)20-12-6-10(15)3-2-9(12)7-16/h2-6,8H,7,16H2,1H3. The second-order valence-corrected chi connectivity index (χ2v) is 4.83. The molecule has 2 aromatic heterocycles. The molecule has 102 valence electrons. The van der Waals surface area contributed by atoms with Crippen molar-refractivity contribution in [3.8, 4) is 11.6 Å². The molecule has 3 rings (SSSR count). The fourth-order valence-corrected chi connectivity index (χ4v) is 2.17. The van der Waals surface area contributed by atoms with Gasteiger partial charge in [0.05, 0.1) is 11.8 Å². The van der Waals surface area contributed by atoms with E-state index in [9.17, 15) is 0 Å². The summed E-state index contributed by atoms with van der Waals surface area (Å²) in [5, 5.41) is 0.588. The van der Waals surface area contributed by atoms with Crippen LogP contribution in [0.15, 0.2) is 36.8 Å². The summed E-state index contributed by atoms with van der Waals surface area (Å²) >= 11 is 6.00. The van der Waals surface area contributed by atoms with Crippen LogP contribution in [0.5, 0.6) is 11.6 Å². The van der Waals surface area contributed by atoms with Crippen molar-refractivity contribution in [3.63, 3.8) is 0 Å². The minimum atomic E-state index is 0.366. The van der Waals surface area contributed by atoms with Gasteiger partial charge < -0.3 is 15.0 Å². The summed E-state index contributed by atoms with van der Waals surface area (Å²) in [4.78, 5) is 8.54. The fraction of sp³-hybridized carbons (Fsp3) is 0.143. The maximum Gasteiger partial charge on any atom is 0.247 e. The molecule has 5 nitrogen and oxygen atoms in total. The summed E-state index contributed by atoms with van der Waals surface area (Å²) in [6.45, 7) is 0.366. The van der Waals surface area contributed by atoms with E-state index >= 15 is 0 Å². The highest BCUT2D eigenvalue weighted by Crippen LogP contribution is 2.30. The molecule has 0 unspecified atom stereocenters. The number of fused-ring (bicyclic) bond motifs is 1. The molecular formula is C14H13ClN4O. The summed E-state index contributed by atoms with van der Waals surface area (Å²) in [6, 6.07) is 7.24. The SMILES string of the molecule is Cn1cnc2c(Oc3cc(Cl)ccc3CN)nccc21. The summed E-state index contributed by atoms with van der Waals surface area (Å²) < 4.78 is 7.76. The lowest BCUT2D eigenvalue weighted by Gasteiger charge is -2.10. The third-order valence-corrected chi connectivity index (χ3v) is 3.30. The van der Waals surface area contributed by atoms with Crippen molar-refractivity contribution in [1.82, 2.24) is 14.5 Å². The Kier molecular flexibility index (Phi) is 3.30. The zero-order valence-electron chi connectivity index (χ0n) is 10.9. The Morgan fingerprint density at radius 2 is 2.15 bits per heavy atom. The molecule has 2 N–H and O–H groups in total. The van der Waals surface area contributed by atoms with E-state index in [0.717, 1.165) is 11.1 Å². The molecule has 0 radical (unpaired) electrons. The number of rotatable bonds is 3. The Balaban J connectivity index is 2.07. The lowest BCUT2D eigenvalue weighted by Crippen LogP contribution is -2.00. The number of aromatic nitrogens is 3. The van der Waals surface area contributed by atoms with Crippen LogP contribution in [0.1, 0.15) is 5.56 Å². The van der Waals surface area contributed by atoms with Gasteiger partial charge in [-0.3, -0.25) is 0 Å². The second-order valence-electron chi connectivity index (χ2n) is 4.40. The van der Waals surface area contributed by atoms with Crippen LogP contribution in [0.25, 0.3) is 11.0 Å². The molecule has 1 aromatic carbocycles. The van der Waals surface area contributed by atoms with E-state index in [0.29, 0.717) is 28.7 Å². The molecule has 0 saturated carbocycles. The molecule has 0 saturated heterocycles. The van der Waals surface area contributed by atoms with Gasteiger partial charge in [-0.05, 0) is 18.2 Å². The third kappa shape index (κ3) is 2.21. The number of hydrogen-bond donors (Lipinski definition) is 1. The number of pyridine rings is 1. The maximum absolute atomic E-state index is 6.00. The Morgan fingerprint density at radius 3 is 2.95 bits per heavy atom. The number of hydrogen-bond acceptors (Lipinski definition) is 4. The fourth-order valence-electron chi connectivity index (χ4n) is 2.01. The van der Waals surface area contributed by atoms with E-state index < -0.39 is 0 Å². The predicted octanol–water partition coefficient (Wildman–Crippen LogP) is 2.87. The van der Waals surface area contributed by atoms with Crippen molar-refractivity contribution in [2.24, 2.45) is 12.8 Å². The molecule has 6 heteroatoms. The Hall–Kier alpha value is -2.11. The van der Waals surface area contributed by atoms with Crippen LogP contribution < -0.4 is 10.5 Å². The van der Waals surface area contributed by atoms with Crippen LogP contribution >= 0.6 is 11.6 Å². The van der Waals surface area contributed by atoms with Crippen LogP contribution in [0.3, 0.4) is 0 Å². The quantitative estimate of drug-likeness (QED) is 0.805. The van der Waals surface area contributed by atoms with E-state index in [4.69, 9.17) is 22.1 Å². The van der Waals surface area contributed by atoms with E-state index in [-0.39, 0.29) is 0 Å². The van der Waals surface area contributed by atoms with Crippen LogP contribution in [0.4, 0.5) is 0 Å². The Labute approximate surface area is 121 Å². The monoisotopic (exact) mass is 288 g/mol. The van der Waals surface area contributed by atoms with Gasteiger partial charge >= 0.3 is 0 Å². The van der Waals surface area contributed by atoms with Gasteiger partial charge in [-0.1, -0.05) is 17.7 Å². The number of nitrogens with zero attached hydrogens (tertiary/aromatic N) is 3. The minimum absolute atomic E-state index is 0.366. The molecule has 20 heavy (non-hydrogen) atoms. The lowest BCUT2D eigenvalue weighted by atomic mass is 10.2. The number of benzene rings is 1. The van der Waals surface area contributed by atoms with Gasteiger partial charge in [0.1, 0.15) is 5.75 Å². The maximum atomic E-state index is 6.00. The van der Waals surface area contributed by atoms with Gasteiger partial charge in [-0.2, -0.15) is 0 Å². The highest BCUT2D eigenvalue weighted by molar-refractivity contribution is 6.30. The molecule has 0 atom stereocenters. The molecule has 0 bridgehead atoms. The minimum Gasteiger partial charge on any atom is -0.437 e. The largest absolute Gasteiger partial charge is 0.437 e. The van der Waals surface area contributed by atoms with Gasteiger partial charge in [0, 0.05) is 30.4 Å². The molecular weight excluding hydrogens is 276 g/mol. The van der Waals surface area contributed by atoms with Crippen molar-refractivity contribution in [2.75, 3.05) is 0 Å². The van der Waals surface area contributed by atoms with E-state index in [2.05, 4.69) is 9.97 Å². The van der Waals surface area contributed by atoms with Crippen molar-refractivity contribution >= 4 is 22.6 Å². The summed E-state index contributed by atoms with van der Waals surface area (Å²) in [5.74, 6) is 1.05. The smallest absolute Gasteiger partial charge is 0.247 e. The second kappa shape index (κ2) is 5.11. The van der Waals surface area contributed by atoms with Crippen molar-refractivity contribution in [1.29, 1.82) is 0 Å². The van der Waals surface area contributed by atoms with Crippen LogP contribution in [-0.4, -0.2) is 14.5 Å². The first-order valence-electron chi connectivity index (χ1n) is 6.11. The Bertz CT molecular complexity index is 769. The zero-order chi connectivity index (χ0) is 14.1. The average molecular weight is 289 g/mol. The Morgan fingerprint density at radius 1 is 1.30 bits per heavy atom. The van der Waals surface area contributed by atoms with Crippen molar-refractivity contribution in [3.05, 3.63) is 47.4 Å². The van der Waals surface area contributed by atoms with E-state index in [1.54, 1.807) is 24.7 Å². The van der Waals surface area contributed by atoms with Gasteiger partial charge in [0.15, 0.2) is 5.52 Å². The first kappa shape index (κ1) is 12.9. The van der Waals surface area contributed by atoms with E-state index in [1.807, 2.05) is 23.7 Å². The number of aryl methyl sites for hydroxylation is 1. The highest BCUT2D eigenvalue weighted by Gasteiger charge is 2.11. The number of nitrogens with two attached hydrogens (primary N) is 1. The van der Waals surface area contributed by atoms with Crippen LogP contribution in [-0.2, 0) is 13.6 Å². The van der Waals surface area contributed by atoms with Gasteiger partial charge in [-0.25, -0.2) is 9.97 Å². The average Bonchev–Trinajstić information content (AvgIpc) is 2.82. The summed E-state index contributed by atoms with van der Waals surface area (Å²) in [5.41, 5.74) is 8.23. The number of ether oxygens (including phenoxy) is 1. The first-order chi connectivity index (χ1) is 9.69. The lowest BCUT2D eigenvalue weighted by molar-refractivity contribution is 0.462. The van der Waals surface area contributed by atoms with Crippen LogP contribution in [0.2, 0.25) is 5.02 Å². The van der Waals surface area contributed by atoms with Gasteiger partial charge in [0.2, 0.25) is 5.88 Å². The topological polar surface area (TPSA) is 66.0 Å². The summed E-state index contributed by atoms with van der Waals surface area (Å²) in [7, 11) is 1.92. The predicted molar refractivity (Wildman–Crippen MR) is 77.9 cm³/mol. The van der Waals surface area contributed by atoms with Gasteiger partial charge in [-0.15, -0.1) is 0 Å². The molecule has 0 aliphatic carbocycles. The van der Waals surface area contributed by atoms with Gasteiger partial charge in [0.25, 0.3) is 0 Å². The number of imidazole rings is 1. The highest BCUT2D eigenvalue weighted by atomic mass is 35.5. The molecule has 2 heterocycles. The normalized spacial score (nSPS) is 10.9. The molecule has 3 aromatic rings. The molecule has 0 aliphatic rings. The first-order valence-corrected chi connectivity index (χ1v) is 6.49. The zero-order valence-corrected chi connectivity index (χ0v) is 11.6. The molecule has 0 aliphatic heterocycles. The molecule has 0 amide bonds. The summed E-state index contributed by atoms with van der Waals surface area (Å²) in [6.07, 6.45) is 3.41. The molecule has 0 fully saturated rings. The van der Waals surface area contributed by atoms with Crippen molar-refractivity contribution < 1.29 is 4.74 Å². The molecule has 0 spiro atoms. The number of halogens is 1. The van der Waals surface area contributed by atoms with E-state index in [1.165, 1.54) is 0 Å².